The normalized spacial score (nSPS) is 11.6. The van der Waals surface area contributed by atoms with Crippen LogP contribution in [0.25, 0.3) is 33.2 Å². The summed E-state index contributed by atoms with van der Waals surface area (Å²) in [5.41, 5.74) is 2.11. The minimum absolute atomic E-state index is 0.252. The van der Waals surface area contributed by atoms with Gasteiger partial charge >= 0.3 is 12.2 Å². The number of thiazole rings is 1. The Labute approximate surface area is 179 Å². The van der Waals surface area contributed by atoms with Gasteiger partial charge in [0.25, 0.3) is 5.89 Å². The van der Waals surface area contributed by atoms with E-state index in [1.54, 1.807) is 37.6 Å². The molecule has 0 bridgehead atoms. The Bertz CT molecular complexity index is 1200. The minimum Gasteiger partial charge on any atom is -0.403 e. The molecule has 4 rings (SSSR count). The quantitative estimate of drug-likeness (QED) is 0.420. The van der Waals surface area contributed by atoms with Crippen LogP contribution in [0.2, 0.25) is 0 Å². The molecule has 0 amide bonds. The van der Waals surface area contributed by atoms with Crippen LogP contribution in [0.5, 0.6) is 0 Å². The van der Waals surface area contributed by atoms with E-state index in [2.05, 4.69) is 30.5 Å². The van der Waals surface area contributed by atoms with E-state index in [-0.39, 0.29) is 10.9 Å². The van der Waals surface area contributed by atoms with Crippen LogP contribution in [0.1, 0.15) is 24.7 Å². The lowest BCUT2D eigenvalue weighted by Gasteiger charge is -2.09. The van der Waals surface area contributed by atoms with Gasteiger partial charge in [-0.05, 0) is 25.5 Å². The van der Waals surface area contributed by atoms with Crippen LogP contribution in [-0.4, -0.2) is 31.7 Å². The molecule has 0 fully saturated rings. The summed E-state index contributed by atoms with van der Waals surface area (Å²) in [6.45, 7) is 4.49. The Morgan fingerprint density at radius 1 is 1.06 bits per heavy atom. The van der Waals surface area contributed by atoms with E-state index in [4.69, 9.17) is 4.42 Å². The van der Waals surface area contributed by atoms with Crippen LogP contribution in [0.15, 0.2) is 40.5 Å². The maximum atomic E-state index is 13.0. The van der Waals surface area contributed by atoms with E-state index in [0.29, 0.717) is 40.5 Å². The van der Waals surface area contributed by atoms with E-state index in [0.717, 1.165) is 23.1 Å². The Kier molecular flexibility index (Phi) is 5.68. The average molecular weight is 446 g/mol. The summed E-state index contributed by atoms with van der Waals surface area (Å²) < 4.78 is 44.7. The highest BCUT2D eigenvalue weighted by Gasteiger charge is 2.34. The molecule has 0 aliphatic rings. The van der Waals surface area contributed by atoms with Gasteiger partial charge in [0.15, 0.2) is 5.69 Å². The molecule has 11 heteroatoms. The summed E-state index contributed by atoms with van der Waals surface area (Å²) in [6.07, 6.45) is 1.18. The molecule has 4 aromatic rings. The number of hydrogen-bond acceptors (Lipinski definition) is 8. The summed E-state index contributed by atoms with van der Waals surface area (Å²) in [5, 5.41) is 12.3. The first-order valence-corrected chi connectivity index (χ1v) is 10.3. The Hall–Kier alpha value is -3.34. The highest BCUT2D eigenvalue weighted by molar-refractivity contribution is 7.13. The van der Waals surface area contributed by atoms with Crippen molar-refractivity contribution in [3.8, 4) is 33.2 Å². The molecule has 0 aromatic carbocycles. The van der Waals surface area contributed by atoms with Crippen molar-refractivity contribution in [3.63, 3.8) is 0 Å². The summed E-state index contributed by atoms with van der Waals surface area (Å²) in [6, 6.07) is 3.79. The van der Waals surface area contributed by atoms with E-state index >= 15 is 0 Å². The molecular weight excluding hydrogens is 429 g/mol. The summed E-state index contributed by atoms with van der Waals surface area (Å²) in [4.78, 5) is 12.3. The van der Waals surface area contributed by atoms with Crippen molar-refractivity contribution in [1.29, 1.82) is 0 Å². The van der Waals surface area contributed by atoms with Crippen molar-refractivity contribution in [2.24, 2.45) is 0 Å². The SMILES string of the molecule is CCCNc1nnc(-c2cncc(-c3cnc(C)cc3-c3nc(C(F)(F)F)cs3)c2)o1. The van der Waals surface area contributed by atoms with Gasteiger partial charge in [-0.15, -0.1) is 16.4 Å². The van der Waals surface area contributed by atoms with Crippen LogP contribution in [0.4, 0.5) is 19.2 Å². The predicted molar refractivity (Wildman–Crippen MR) is 110 cm³/mol. The molecule has 0 aliphatic heterocycles. The van der Waals surface area contributed by atoms with Crippen molar-refractivity contribution in [2.75, 3.05) is 11.9 Å². The summed E-state index contributed by atoms with van der Waals surface area (Å²) in [7, 11) is 0. The van der Waals surface area contributed by atoms with E-state index < -0.39 is 11.9 Å². The number of hydrogen-bond donors (Lipinski definition) is 1. The van der Waals surface area contributed by atoms with Gasteiger partial charge in [0.1, 0.15) is 5.01 Å². The van der Waals surface area contributed by atoms with Crippen LogP contribution in [0.3, 0.4) is 0 Å². The summed E-state index contributed by atoms with van der Waals surface area (Å²) in [5.74, 6) is 0.281. The third-order valence-corrected chi connectivity index (χ3v) is 5.19. The van der Waals surface area contributed by atoms with E-state index in [1.165, 1.54) is 0 Å². The van der Waals surface area contributed by atoms with Crippen molar-refractivity contribution in [1.82, 2.24) is 25.1 Å². The van der Waals surface area contributed by atoms with Gasteiger partial charge < -0.3 is 9.73 Å². The molecule has 0 unspecified atom stereocenters. The number of halogens is 3. The molecule has 31 heavy (non-hydrogen) atoms. The number of alkyl halides is 3. The van der Waals surface area contributed by atoms with Crippen LogP contribution >= 0.6 is 11.3 Å². The number of rotatable bonds is 6. The highest BCUT2D eigenvalue weighted by Crippen LogP contribution is 2.38. The number of aromatic nitrogens is 5. The maximum absolute atomic E-state index is 13.0. The predicted octanol–water partition coefficient (Wildman–Crippen LogP) is 5.47. The largest absolute Gasteiger partial charge is 0.434 e. The first kappa shape index (κ1) is 20.9. The third-order valence-electron chi connectivity index (χ3n) is 4.31. The maximum Gasteiger partial charge on any atom is 0.434 e. The van der Waals surface area contributed by atoms with Crippen molar-refractivity contribution >= 4 is 17.4 Å². The molecule has 160 valence electrons. The number of nitrogens with one attached hydrogen (secondary N) is 1. The lowest BCUT2D eigenvalue weighted by molar-refractivity contribution is -0.140. The first-order valence-electron chi connectivity index (χ1n) is 9.38. The molecule has 0 saturated carbocycles. The van der Waals surface area contributed by atoms with Crippen molar-refractivity contribution in [2.45, 2.75) is 26.4 Å². The van der Waals surface area contributed by atoms with E-state index in [9.17, 15) is 13.2 Å². The van der Waals surface area contributed by atoms with Gasteiger partial charge in [-0.3, -0.25) is 9.97 Å². The zero-order chi connectivity index (χ0) is 22.0. The fourth-order valence-electron chi connectivity index (χ4n) is 2.84. The molecule has 7 nitrogen and oxygen atoms in total. The molecule has 1 N–H and O–H groups in total. The highest BCUT2D eigenvalue weighted by atomic mass is 32.1. The van der Waals surface area contributed by atoms with Crippen molar-refractivity contribution in [3.05, 3.63) is 47.5 Å². The lowest BCUT2D eigenvalue weighted by atomic mass is 10.0. The second-order valence-electron chi connectivity index (χ2n) is 6.71. The van der Waals surface area contributed by atoms with Gasteiger partial charge in [0.05, 0.1) is 5.56 Å². The monoisotopic (exact) mass is 446 g/mol. The van der Waals surface area contributed by atoms with Crippen LogP contribution < -0.4 is 5.32 Å². The van der Waals surface area contributed by atoms with Crippen LogP contribution in [-0.2, 0) is 6.18 Å². The topological polar surface area (TPSA) is 89.6 Å². The molecule has 0 atom stereocenters. The number of anilines is 1. The average Bonchev–Trinajstić information content (AvgIpc) is 3.42. The zero-order valence-corrected chi connectivity index (χ0v) is 17.4. The van der Waals surface area contributed by atoms with Gasteiger partial charge in [0.2, 0.25) is 0 Å². The molecule has 0 aliphatic carbocycles. The standard InChI is InChI=1S/C20H17F3N6OS/c1-3-4-25-19-29-28-17(30-19)13-6-12(7-24-8-13)15-9-26-11(2)5-14(15)18-27-16(10-31-18)20(21,22)23/h5-10H,3-4H2,1-2H3,(H,25,29). The van der Waals surface area contributed by atoms with Gasteiger partial charge in [0, 0.05) is 52.9 Å². The molecule has 0 radical (unpaired) electrons. The van der Waals surface area contributed by atoms with E-state index in [1.807, 2.05) is 6.92 Å². The molecule has 4 aromatic heterocycles. The van der Waals surface area contributed by atoms with Gasteiger partial charge in [-0.25, -0.2) is 4.98 Å². The number of nitrogens with zero attached hydrogens (tertiary/aromatic N) is 5. The minimum atomic E-state index is -4.50. The first-order chi connectivity index (χ1) is 14.8. The zero-order valence-electron chi connectivity index (χ0n) is 16.6. The van der Waals surface area contributed by atoms with Crippen LogP contribution in [0, 0.1) is 6.92 Å². The van der Waals surface area contributed by atoms with Gasteiger partial charge in [-0.2, -0.15) is 13.2 Å². The Morgan fingerprint density at radius 2 is 1.87 bits per heavy atom. The fourth-order valence-corrected chi connectivity index (χ4v) is 3.70. The fraction of sp³-hybridized carbons (Fsp3) is 0.250. The lowest BCUT2D eigenvalue weighted by Crippen LogP contribution is -2.05. The Balaban J connectivity index is 1.73. The summed E-state index contributed by atoms with van der Waals surface area (Å²) >= 11 is 0.930. The smallest absolute Gasteiger partial charge is 0.403 e. The molecule has 4 heterocycles. The second-order valence-corrected chi connectivity index (χ2v) is 7.57. The molecular formula is C20H17F3N6OS. The molecule has 0 saturated heterocycles. The second kappa shape index (κ2) is 8.42. The Morgan fingerprint density at radius 3 is 2.61 bits per heavy atom. The van der Waals surface area contributed by atoms with Gasteiger partial charge in [-0.1, -0.05) is 12.0 Å². The molecule has 0 spiro atoms. The van der Waals surface area contributed by atoms with Crippen molar-refractivity contribution < 1.29 is 17.6 Å². The number of aryl methyl sites for hydroxylation is 1. The number of pyridine rings is 2. The third kappa shape index (κ3) is 4.55.